The molecule has 3 heteroatoms. The molecule has 1 heterocycles. The van der Waals surface area contributed by atoms with Gasteiger partial charge in [0.25, 0.3) is 0 Å². The first-order valence-electron chi connectivity index (χ1n) is 4.41. The molecular formula is C10H13ClN2. The van der Waals surface area contributed by atoms with Crippen molar-refractivity contribution < 1.29 is 0 Å². The molecule has 13 heavy (non-hydrogen) atoms. The third-order valence-corrected chi connectivity index (χ3v) is 3.18. The van der Waals surface area contributed by atoms with E-state index in [9.17, 15) is 0 Å². The lowest BCUT2D eigenvalue weighted by molar-refractivity contribution is 0.595. The molecule has 1 aromatic heterocycles. The lowest BCUT2D eigenvalue weighted by atomic mass is 10.1. The van der Waals surface area contributed by atoms with Gasteiger partial charge in [0.05, 0.1) is 0 Å². The van der Waals surface area contributed by atoms with E-state index in [1.54, 1.807) is 6.07 Å². The number of halogens is 1. The first-order valence-corrected chi connectivity index (χ1v) is 4.79. The predicted molar refractivity (Wildman–Crippen MR) is 53.7 cm³/mol. The maximum Gasteiger partial charge on any atom is 0.129 e. The van der Waals surface area contributed by atoms with Gasteiger partial charge in [0, 0.05) is 17.7 Å². The van der Waals surface area contributed by atoms with Gasteiger partial charge >= 0.3 is 0 Å². The second-order valence-corrected chi connectivity index (χ2v) is 4.60. The standard InChI is InChI=1S/C10H13ClN2/c1-10(2)8(9(10)12)6-4-3-5-7(11)13-6/h3-5,8-9H,12H2,1-2H3/t8-,9-/m0/s1. The van der Waals surface area contributed by atoms with Gasteiger partial charge < -0.3 is 5.73 Å². The summed E-state index contributed by atoms with van der Waals surface area (Å²) in [5.41, 5.74) is 7.14. The van der Waals surface area contributed by atoms with Gasteiger partial charge in [0.15, 0.2) is 0 Å². The fraction of sp³-hybridized carbons (Fsp3) is 0.500. The van der Waals surface area contributed by atoms with Crippen molar-refractivity contribution in [3.8, 4) is 0 Å². The van der Waals surface area contributed by atoms with Crippen LogP contribution in [0.15, 0.2) is 18.2 Å². The highest BCUT2D eigenvalue weighted by atomic mass is 35.5. The van der Waals surface area contributed by atoms with Crippen LogP contribution in [0.2, 0.25) is 5.15 Å². The molecule has 0 bridgehead atoms. The van der Waals surface area contributed by atoms with E-state index in [1.807, 2.05) is 12.1 Å². The van der Waals surface area contributed by atoms with Gasteiger partial charge in [-0.15, -0.1) is 0 Å². The first-order chi connectivity index (χ1) is 6.03. The van der Waals surface area contributed by atoms with Crippen LogP contribution in [0.5, 0.6) is 0 Å². The minimum Gasteiger partial charge on any atom is -0.327 e. The Balaban J connectivity index is 2.29. The number of nitrogens with two attached hydrogens (primary N) is 1. The van der Waals surface area contributed by atoms with Crippen LogP contribution < -0.4 is 5.73 Å². The Labute approximate surface area is 83.1 Å². The molecule has 2 N–H and O–H groups in total. The molecule has 0 amide bonds. The summed E-state index contributed by atoms with van der Waals surface area (Å²) in [4.78, 5) is 4.27. The van der Waals surface area contributed by atoms with Crippen molar-refractivity contribution in [3.63, 3.8) is 0 Å². The maximum atomic E-state index is 5.94. The summed E-state index contributed by atoms with van der Waals surface area (Å²) in [6, 6.07) is 5.92. The van der Waals surface area contributed by atoms with Gasteiger partial charge in [-0.3, -0.25) is 0 Å². The quantitative estimate of drug-likeness (QED) is 0.700. The van der Waals surface area contributed by atoms with Crippen molar-refractivity contribution in [2.24, 2.45) is 11.1 Å². The molecule has 1 fully saturated rings. The van der Waals surface area contributed by atoms with Gasteiger partial charge in [-0.2, -0.15) is 0 Å². The number of hydrogen-bond acceptors (Lipinski definition) is 2. The summed E-state index contributed by atoms with van der Waals surface area (Å²) in [6.45, 7) is 4.32. The van der Waals surface area contributed by atoms with Crippen molar-refractivity contribution >= 4 is 11.6 Å². The normalized spacial score (nSPS) is 30.2. The van der Waals surface area contributed by atoms with Crippen molar-refractivity contribution in [1.82, 2.24) is 4.98 Å². The lowest BCUT2D eigenvalue weighted by Crippen LogP contribution is -2.06. The summed E-state index contributed by atoms with van der Waals surface area (Å²) >= 11 is 5.81. The Morgan fingerprint density at radius 3 is 2.54 bits per heavy atom. The van der Waals surface area contributed by atoms with Crippen molar-refractivity contribution in [2.45, 2.75) is 25.8 Å². The van der Waals surface area contributed by atoms with Crippen LogP contribution >= 0.6 is 11.6 Å². The molecule has 2 nitrogen and oxygen atoms in total. The molecule has 0 radical (unpaired) electrons. The number of aromatic nitrogens is 1. The van der Waals surface area contributed by atoms with Crippen LogP contribution in [0, 0.1) is 5.41 Å². The van der Waals surface area contributed by atoms with Crippen LogP contribution in [0.25, 0.3) is 0 Å². The van der Waals surface area contributed by atoms with Crippen molar-refractivity contribution in [3.05, 3.63) is 29.0 Å². The third-order valence-electron chi connectivity index (χ3n) is 2.97. The van der Waals surface area contributed by atoms with E-state index in [-0.39, 0.29) is 11.5 Å². The second kappa shape index (κ2) is 2.69. The van der Waals surface area contributed by atoms with Crippen molar-refractivity contribution in [1.29, 1.82) is 0 Å². The number of pyridine rings is 1. The monoisotopic (exact) mass is 196 g/mol. The molecule has 1 saturated carbocycles. The number of hydrogen-bond donors (Lipinski definition) is 1. The van der Waals surface area contributed by atoms with Gasteiger partial charge in [-0.1, -0.05) is 31.5 Å². The molecule has 70 valence electrons. The fourth-order valence-electron chi connectivity index (χ4n) is 1.84. The maximum absolute atomic E-state index is 5.94. The van der Waals surface area contributed by atoms with E-state index >= 15 is 0 Å². The molecule has 1 aliphatic carbocycles. The summed E-state index contributed by atoms with van der Waals surface area (Å²) < 4.78 is 0. The molecule has 2 atom stereocenters. The molecule has 1 aromatic rings. The molecule has 1 aliphatic rings. The van der Waals surface area contributed by atoms with E-state index < -0.39 is 0 Å². The van der Waals surface area contributed by atoms with Crippen LogP contribution in [0.4, 0.5) is 0 Å². The molecule has 0 aromatic carbocycles. The van der Waals surface area contributed by atoms with Crippen LogP contribution in [0.1, 0.15) is 25.5 Å². The minimum absolute atomic E-state index is 0.178. The van der Waals surface area contributed by atoms with E-state index in [0.717, 1.165) is 5.69 Å². The summed E-state index contributed by atoms with van der Waals surface area (Å²) in [7, 11) is 0. The second-order valence-electron chi connectivity index (χ2n) is 4.21. The topological polar surface area (TPSA) is 38.9 Å². The number of nitrogens with zero attached hydrogens (tertiary/aromatic N) is 1. The molecular weight excluding hydrogens is 184 g/mol. The van der Waals surface area contributed by atoms with E-state index in [1.165, 1.54) is 0 Å². The Morgan fingerprint density at radius 1 is 1.46 bits per heavy atom. The fourth-order valence-corrected chi connectivity index (χ4v) is 2.01. The highest BCUT2D eigenvalue weighted by molar-refractivity contribution is 6.29. The lowest BCUT2D eigenvalue weighted by Gasteiger charge is -2.01. The zero-order valence-electron chi connectivity index (χ0n) is 7.79. The highest BCUT2D eigenvalue weighted by Crippen LogP contribution is 2.56. The summed E-state index contributed by atoms with van der Waals surface area (Å²) in [5, 5.41) is 0.549. The average molecular weight is 197 g/mol. The highest BCUT2D eigenvalue weighted by Gasteiger charge is 2.56. The Bertz CT molecular complexity index is 335. The van der Waals surface area contributed by atoms with E-state index in [4.69, 9.17) is 17.3 Å². The largest absolute Gasteiger partial charge is 0.327 e. The Hall–Kier alpha value is -0.600. The predicted octanol–water partition coefficient (Wildman–Crippen LogP) is 2.19. The third kappa shape index (κ3) is 1.34. The van der Waals surface area contributed by atoms with E-state index in [0.29, 0.717) is 11.1 Å². The SMILES string of the molecule is CC1(C)[C@@H](N)[C@@H]1c1cccc(Cl)n1. The molecule has 0 unspecified atom stereocenters. The molecule has 0 saturated heterocycles. The number of rotatable bonds is 1. The van der Waals surface area contributed by atoms with Crippen molar-refractivity contribution in [2.75, 3.05) is 0 Å². The zero-order chi connectivity index (χ0) is 9.64. The minimum atomic E-state index is 0.178. The zero-order valence-corrected chi connectivity index (χ0v) is 8.55. The van der Waals surface area contributed by atoms with Crippen LogP contribution in [-0.2, 0) is 0 Å². The Morgan fingerprint density at radius 2 is 2.08 bits per heavy atom. The average Bonchev–Trinajstić information content (AvgIpc) is 2.51. The van der Waals surface area contributed by atoms with Crippen LogP contribution in [-0.4, -0.2) is 11.0 Å². The smallest absolute Gasteiger partial charge is 0.129 e. The Kier molecular flexibility index (Phi) is 1.86. The first kappa shape index (κ1) is 8.97. The molecule has 2 rings (SSSR count). The van der Waals surface area contributed by atoms with Gasteiger partial charge in [0.1, 0.15) is 5.15 Å². The summed E-state index contributed by atoms with van der Waals surface area (Å²) in [5.74, 6) is 0.367. The van der Waals surface area contributed by atoms with Gasteiger partial charge in [-0.25, -0.2) is 4.98 Å². The molecule has 0 aliphatic heterocycles. The van der Waals surface area contributed by atoms with Gasteiger partial charge in [-0.05, 0) is 17.5 Å². The van der Waals surface area contributed by atoms with E-state index in [2.05, 4.69) is 18.8 Å². The summed E-state index contributed by atoms with van der Waals surface area (Å²) in [6.07, 6.45) is 0. The van der Waals surface area contributed by atoms with Crippen LogP contribution in [0.3, 0.4) is 0 Å². The molecule has 0 spiro atoms. The van der Waals surface area contributed by atoms with Gasteiger partial charge in [0.2, 0.25) is 0 Å².